The van der Waals surface area contributed by atoms with Gasteiger partial charge in [-0.15, -0.1) is 35.3 Å². The minimum atomic E-state index is 0. The number of thiazole rings is 1. The molecule has 0 radical (unpaired) electrons. The summed E-state index contributed by atoms with van der Waals surface area (Å²) in [5.41, 5.74) is 4.10. The van der Waals surface area contributed by atoms with Gasteiger partial charge in [0.2, 0.25) is 0 Å². The maximum atomic E-state index is 4.75. The van der Waals surface area contributed by atoms with E-state index in [0.29, 0.717) is 6.54 Å². The zero-order valence-electron chi connectivity index (χ0n) is 18.2. The van der Waals surface area contributed by atoms with Crippen LogP contribution in [0.4, 0.5) is 0 Å². The smallest absolute Gasteiger partial charge is 0.191 e. The van der Waals surface area contributed by atoms with Crippen molar-refractivity contribution in [3.8, 4) is 0 Å². The van der Waals surface area contributed by atoms with E-state index >= 15 is 0 Å². The summed E-state index contributed by atoms with van der Waals surface area (Å²) >= 11 is 1.73. The predicted octanol–water partition coefficient (Wildman–Crippen LogP) is 4.27. The molecule has 7 heteroatoms. The Morgan fingerprint density at radius 2 is 1.93 bits per heavy atom. The molecule has 3 rings (SSSR count). The van der Waals surface area contributed by atoms with Gasteiger partial charge in [0.25, 0.3) is 0 Å². The molecule has 5 nitrogen and oxygen atoms in total. The minimum Gasteiger partial charge on any atom is -0.357 e. The Balaban J connectivity index is 0.00000300. The van der Waals surface area contributed by atoms with Gasteiger partial charge in [-0.3, -0.25) is 4.90 Å². The first-order valence-electron chi connectivity index (χ1n) is 10.2. The lowest BCUT2D eigenvalue weighted by molar-refractivity contribution is 0.107. The summed E-state index contributed by atoms with van der Waals surface area (Å²) < 4.78 is 0. The maximum Gasteiger partial charge on any atom is 0.191 e. The van der Waals surface area contributed by atoms with Crippen LogP contribution < -0.4 is 10.6 Å². The largest absolute Gasteiger partial charge is 0.357 e. The van der Waals surface area contributed by atoms with Gasteiger partial charge in [0, 0.05) is 36.6 Å². The van der Waals surface area contributed by atoms with E-state index in [9.17, 15) is 0 Å². The summed E-state index contributed by atoms with van der Waals surface area (Å²) in [5, 5.41) is 7.98. The summed E-state index contributed by atoms with van der Waals surface area (Å²) in [6.45, 7) is 15.3. The number of guanidine groups is 1. The highest BCUT2D eigenvalue weighted by Crippen LogP contribution is 2.25. The third-order valence-electron chi connectivity index (χ3n) is 5.46. The molecule has 0 fully saturated rings. The second kappa shape index (κ2) is 10.7. The van der Waals surface area contributed by atoms with Crippen molar-refractivity contribution < 1.29 is 0 Å². The average Bonchev–Trinajstić information content (AvgIpc) is 3.01. The molecule has 0 saturated heterocycles. The fourth-order valence-corrected chi connectivity index (χ4v) is 4.38. The lowest BCUT2D eigenvalue weighted by Crippen LogP contribution is -2.54. The third kappa shape index (κ3) is 6.39. The fraction of sp³-hybridized carbons (Fsp3) is 0.545. The van der Waals surface area contributed by atoms with Crippen molar-refractivity contribution in [2.45, 2.75) is 59.7 Å². The lowest BCUT2D eigenvalue weighted by Gasteiger charge is -2.42. The first-order valence-corrected chi connectivity index (χ1v) is 11.0. The second-order valence-corrected chi connectivity index (χ2v) is 9.34. The Morgan fingerprint density at radius 1 is 1.21 bits per heavy atom. The van der Waals surface area contributed by atoms with Crippen molar-refractivity contribution in [3.05, 3.63) is 51.0 Å². The van der Waals surface area contributed by atoms with Gasteiger partial charge in [0.05, 0.1) is 12.2 Å². The molecule has 1 aromatic carbocycles. The summed E-state index contributed by atoms with van der Waals surface area (Å²) in [6, 6.07) is 8.81. The number of benzene rings is 1. The van der Waals surface area contributed by atoms with Crippen molar-refractivity contribution in [1.29, 1.82) is 0 Å². The van der Waals surface area contributed by atoms with Crippen molar-refractivity contribution in [2.24, 2.45) is 4.99 Å². The molecule has 0 unspecified atom stereocenters. The van der Waals surface area contributed by atoms with E-state index in [1.807, 2.05) is 0 Å². The van der Waals surface area contributed by atoms with E-state index in [0.717, 1.165) is 49.3 Å². The molecule has 0 bridgehead atoms. The highest BCUT2D eigenvalue weighted by Gasteiger charge is 2.29. The van der Waals surface area contributed by atoms with Gasteiger partial charge in [0.1, 0.15) is 5.01 Å². The molecule has 160 valence electrons. The van der Waals surface area contributed by atoms with Gasteiger partial charge in [-0.05, 0) is 52.2 Å². The lowest BCUT2D eigenvalue weighted by atomic mass is 9.94. The van der Waals surface area contributed by atoms with Crippen LogP contribution in [-0.2, 0) is 19.5 Å². The van der Waals surface area contributed by atoms with E-state index in [-0.39, 0.29) is 29.5 Å². The number of nitrogens with one attached hydrogen (secondary N) is 2. The molecule has 1 aliphatic heterocycles. The van der Waals surface area contributed by atoms with E-state index < -0.39 is 0 Å². The highest BCUT2D eigenvalue weighted by atomic mass is 127. The molecule has 1 aliphatic rings. The van der Waals surface area contributed by atoms with Gasteiger partial charge in [-0.1, -0.05) is 24.3 Å². The van der Waals surface area contributed by atoms with E-state index in [1.54, 1.807) is 11.3 Å². The first kappa shape index (κ1) is 24.1. The Morgan fingerprint density at radius 3 is 2.59 bits per heavy atom. The van der Waals surface area contributed by atoms with Crippen molar-refractivity contribution in [1.82, 2.24) is 20.5 Å². The van der Waals surface area contributed by atoms with Crippen LogP contribution in [0.2, 0.25) is 0 Å². The molecule has 0 aliphatic carbocycles. The number of aliphatic imine (C=N–C) groups is 1. The van der Waals surface area contributed by atoms with Crippen molar-refractivity contribution in [2.75, 3.05) is 19.6 Å². The molecular weight excluding hydrogens is 493 g/mol. The minimum absolute atomic E-state index is 0. The van der Waals surface area contributed by atoms with Gasteiger partial charge in [0.15, 0.2) is 5.96 Å². The van der Waals surface area contributed by atoms with Gasteiger partial charge < -0.3 is 10.6 Å². The van der Waals surface area contributed by atoms with Crippen LogP contribution >= 0.6 is 35.3 Å². The third-order valence-corrected chi connectivity index (χ3v) is 6.52. The molecule has 0 atom stereocenters. The van der Waals surface area contributed by atoms with Gasteiger partial charge in [-0.2, -0.15) is 0 Å². The van der Waals surface area contributed by atoms with Crippen LogP contribution in [0, 0.1) is 13.8 Å². The number of aromatic nitrogens is 1. The number of aryl methyl sites for hydroxylation is 2. The molecule has 2 N–H and O–H groups in total. The van der Waals surface area contributed by atoms with Crippen molar-refractivity contribution in [3.63, 3.8) is 0 Å². The molecule has 0 saturated carbocycles. The van der Waals surface area contributed by atoms with Crippen LogP contribution in [0.15, 0.2) is 29.3 Å². The SMILES string of the molecule is CCNC(=NCc1nc(C)c(C)s1)NCC(C)(C)N1CCc2ccccc2C1.I. The van der Waals surface area contributed by atoms with Crippen LogP contribution in [0.1, 0.15) is 47.5 Å². The van der Waals surface area contributed by atoms with Crippen LogP contribution in [0.3, 0.4) is 0 Å². The van der Waals surface area contributed by atoms with Crippen LogP contribution in [-0.4, -0.2) is 41.0 Å². The molecule has 1 aromatic heterocycles. The van der Waals surface area contributed by atoms with Gasteiger partial charge in [-0.25, -0.2) is 9.98 Å². The van der Waals surface area contributed by atoms with Crippen LogP contribution in [0.25, 0.3) is 0 Å². The zero-order chi connectivity index (χ0) is 20.1. The number of nitrogens with zero attached hydrogens (tertiary/aromatic N) is 3. The first-order chi connectivity index (χ1) is 13.4. The zero-order valence-corrected chi connectivity index (χ0v) is 21.4. The highest BCUT2D eigenvalue weighted by molar-refractivity contribution is 14.0. The van der Waals surface area contributed by atoms with Crippen LogP contribution in [0.5, 0.6) is 0 Å². The second-order valence-electron chi connectivity index (χ2n) is 8.05. The van der Waals surface area contributed by atoms with E-state index in [2.05, 4.69) is 79.4 Å². The summed E-state index contributed by atoms with van der Waals surface area (Å²) in [4.78, 5) is 13.2. The molecule has 0 spiro atoms. The predicted molar refractivity (Wildman–Crippen MR) is 134 cm³/mol. The Hall–Kier alpha value is -1.19. The molecular formula is C22H34IN5S. The standard InChI is InChI=1S/C22H33N5S.HI/c1-6-23-21(24-13-20-26-16(2)17(3)28-20)25-15-22(4,5)27-12-11-18-9-7-8-10-19(18)14-27;/h7-10H,6,11-15H2,1-5H3,(H2,23,24,25);1H. The normalized spacial score (nSPS) is 14.9. The monoisotopic (exact) mass is 527 g/mol. The summed E-state index contributed by atoms with van der Waals surface area (Å²) in [6.07, 6.45) is 1.12. The van der Waals surface area contributed by atoms with Crippen molar-refractivity contribution >= 4 is 41.3 Å². The molecule has 0 amide bonds. The number of rotatable bonds is 6. The fourth-order valence-electron chi connectivity index (χ4n) is 3.52. The topological polar surface area (TPSA) is 52.6 Å². The number of hydrogen-bond donors (Lipinski definition) is 2. The average molecular weight is 528 g/mol. The summed E-state index contributed by atoms with van der Waals surface area (Å²) in [7, 11) is 0. The maximum absolute atomic E-state index is 4.75. The number of fused-ring (bicyclic) bond motifs is 1. The number of hydrogen-bond acceptors (Lipinski definition) is 4. The number of halogens is 1. The Labute approximate surface area is 196 Å². The summed E-state index contributed by atoms with van der Waals surface area (Å²) in [5.74, 6) is 0.860. The Bertz CT molecular complexity index is 811. The quantitative estimate of drug-likeness (QED) is 0.335. The van der Waals surface area contributed by atoms with E-state index in [1.165, 1.54) is 16.0 Å². The molecule has 2 aromatic rings. The molecule has 2 heterocycles. The Kier molecular flexibility index (Phi) is 8.91. The van der Waals surface area contributed by atoms with E-state index in [4.69, 9.17) is 4.99 Å². The molecule has 29 heavy (non-hydrogen) atoms. The van der Waals surface area contributed by atoms with Gasteiger partial charge >= 0.3 is 0 Å².